The molecule has 0 bridgehead atoms. The molecule has 1 unspecified atom stereocenters. The lowest BCUT2D eigenvalue weighted by Gasteiger charge is -2.40. The van der Waals surface area contributed by atoms with Gasteiger partial charge in [-0.2, -0.15) is 0 Å². The second kappa shape index (κ2) is 8.52. The Bertz CT molecular complexity index is 885. The number of esters is 1. The average molecular weight is 394 g/mol. The lowest BCUT2D eigenvalue weighted by molar-refractivity contribution is -0.155. The predicted molar refractivity (Wildman–Crippen MR) is 110 cm³/mol. The van der Waals surface area contributed by atoms with E-state index in [9.17, 15) is 14.4 Å². The number of methoxy groups -OCH3 is 1. The molecule has 152 valence electrons. The second-order valence-corrected chi connectivity index (χ2v) is 7.62. The van der Waals surface area contributed by atoms with E-state index in [1.165, 1.54) is 13.2 Å². The van der Waals surface area contributed by atoms with E-state index in [0.717, 1.165) is 24.1 Å². The second-order valence-electron chi connectivity index (χ2n) is 7.62. The van der Waals surface area contributed by atoms with Gasteiger partial charge in [-0.25, -0.2) is 0 Å². The van der Waals surface area contributed by atoms with Crippen LogP contribution in [0.15, 0.2) is 30.9 Å². The van der Waals surface area contributed by atoms with Crippen LogP contribution >= 0.6 is 0 Å². The predicted octanol–water partition coefficient (Wildman–Crippen LogP) is 2.57. The van der Waals surface area contributed by atoms with Crippen LogP contribution in [0.5, 0.6) is 0 Å². The Kier molecular flexibility index (Phi) is 6.07. The van der Waals surface area contributed by atoms with Crippen molar-refractivity contribution in [3.8, 4) is 12.3 Å². The summed E-state index contributed by atoms with van der Waals surface area (Å²) in [6.45, 7) is 5.03. The number of nitrogens with zero attached hydrogens (tertiary/aromatic N) is 2. The first-order valence-electron chi connectivity index (χ1n) is 9.84. The van der Waals surface area contributed by atoms with Gasteiger partial charge in [0.05, 0.1) is 12.5 Å². The van der Waals surface area contributed by atoms with E-state index in [0.29, 0.717) is 31.5 Å². The summed E-state index contributed by atoms with van der Waals surface area (Å²) < 4.78 is 4.98. The monoisotopic (exact) mass is 394 g/mol. The molecule has 2 aliphatic heterocycles. The number of likely N-dealkylation sites (tertiary alicyclic amines) is 1. The molecular weight excluding hydrogens is 368 g/mol. The highest BCUT2D eigenvalue weighted by molar-refractivity contribution is 6.02. The van der Waals surface area contributed by atoms with Crippen molar-refractivity contribution in [1.29, 1.82) is 0 Å². The normalized spacial score (nSPS) is 21.0. The molecule has 0 N–H and O–H groups in total. The Labute approximate surface area is 171 Å². The molecular formula is C23H26N2O4. The van der Waals surface area contributed by atoms with Gasteiger partial charge in [-0.3, -0.25) is 14.4 Å². The van der Waals surface area contributed by atoms with Crippen molar-refractivity contribution in [3.63, 3.8) is 0 Å². The minimum atomic E-state index is -0.848. The van der Waals surface area contributed by atoms with Crippen LogP contribution in [0.3, 0.4) is 0 Å². The zero-order chi connectivity index (χ0) is 21.0. The lowest BCUT2D eigenvalue weighted by atomic mass is 9.77. The van der Waals surface area contributed by atoms with E-state index >= 15 is 0 Å². The number of rotatable bonds is 4. The van der Waals surface area contributed by atoms with E-state index in [-0.39, 0.29) is 30.7 Å². The number of fused-ring (bicyclic) bond motifs is 1. The smallest absolute Gasteiger partial charge is 0.314 e. The summed E-state index contributed by atoms with van der Waals surface area (Å²) in [6, 6.07) is 5.42. The fourth-order valence-corrected chi connectivity index (χ4v) is 4.35. The van der Waals surface area contributed by atoms with Gasteiger partial charge < -0.3 is 14.5 Å². The highest BCUT2D eigenvalue weighted by Gasteiger charge is 2.44. The van der Waals surface area contributed by atoms with Crippen LogP contribution in [0.4, 0.5) is 5.69 Å². The molecule has 0 aromatic heterocycles. The van der Waals surface area contributed by atoms with Gasteiger partial charge in [0.2, 0.25) is 5.91 Å². The number of ether oxygens (including phenoxy) is 1. The van der Waals surface area contributed by atoms with Crippen molar-refractivity contribution in [2.24, 2.45) is 5.41 Å². The molecule has 29 heavy (non-hydrogen) atoms. The van der Waals surface area contributed by atoms with Gasteiger partial charge in [-0.05, 0) is 55.5 Å². The van der Waals surface area contributed by atoms with Crippen molar-refractivity contribution in [2.75, 3.05) is 31.6 Å². The molecule has 2 aliphatic rings. The molecule has 1 fully saturated rings. The number of piperidine rings is 1. The SMILES string of the molecule is C#CCC1(C(=O)OC)CCCN(C(=O)c2ccc3c(c2)CCCN3C(=O)C=C)C1. The van der Waals surface area contributed by atoms with Gasteiger partial charge in [-0.15, -0.1) is 12.3 Å². The highest BCUT2D eigenvalue weighted by Crippen LogP contribution is 2.36. The molecule has 2 amide bonds. The highest BCUT2D eigenvalue weighted by atomic mass is 16.5. The third kappa shape index (κ3) is 3.91. The summed E-state index contributed by atoms with van der Waals surface area (Å²) in [7, 11) is 1.35. The molecule has 3 rings (SSSR count). The Morgan fingerprint density at radius 2 is 2.10 bits per heavy atom. The van der Waals surface area contributed by atoms with Gasteiger partial charge in [0.15, 0.2) is 0 Å². The Morgan fingerprint density at radius 3 is 2.79 bits per heavy atom. The van der Waals surface area contributed by atoms with E-state index < -0.39 is 5.41 Å². The first kappa shape index (κ1) is 20.7. The number of terminal acetylenes is 1. The van der Waals surface area contributed by atoms with Crippen molar-refractivity contribution >= 4 is 23.5 Å². The summed E-state index contributed by atoms with van der Waals surface area (Å²) >= 11 is 0. The average Bonchev–Trinajstić information content (AvgIpc) is 2.76. The van der Waals surface area contributed by atoms with Crippen LogP contribution in [0.25, 0.3) is 0 Å². The molecule has 1 atom stereocenters. The maximum absolute atomic E-state index is 13.2. The molecule has 0 radical (unpaired) electrons. The molecule has 0 aliphatic carbocycles. The number of benzene rings is 1. The van der Waals surface area contributed by atoms with E-state index in [4.69, 9.17) is 11.2 Å². The van der Waals surface area contributed by atoms with E-state index in [1.807, 2.05) is 12.1 Å². The van der Waals surface area contributed by atoms with Crippen LogP contribution in [0, 0.1) is 17.8 Å². The third-order valence-electron chi connectivity index (χ3n) is 5.81. The minimum Gasteiger partial charge on any atom is -0.469 e. The number of amides is 2. The molecule has 6 nitrogen and oxygen atoms in total. The molecule has 0 saturated carbocycles. The summed E-state index contributed by atoms with van der Waals surface area (Å²) in [4.78, 5) is 41.1. The standard InChI is InChI=1S/C23H26N2O4/c1-4-11-23(22(28)29-3)12-7-13-24(16-23)21(27)18-9-10-19-17(15-18)8-6-14-25(19)20(26)5-2/h1,5,9-10,15H,2,6-8,11-14,16H2,3H3. The zero-order valence-electron chi connectivity index (χ0n) is 16.8. The molecule has 6 heteroatoms. The fraction of sp³-hybridized carbons (Fsp3) is 0.435. The van der Waals surface area contributed by atoms with Crippen molar-refractivity contribution in [2.45, 2.75) is 32.1 Å². The largest absolute Gasteiger partial charge is 0.469 e. The van der Waals surface area contributed by atoms with E-state index in [1.54, 1.807) is 15.9 Å². The van der Waals surface area contributed by atoms with Crippen LogP contribution in [-0.2, 0) is 20.7 Å². The van der Waals surface area contributed by atoms with Crippen LogP contribution in [-0.4, -0.2) is 49.4 Å². The number of carbonyl (C=O) groups is 3. The number of hydrogen-bond donors (Lipinski definition) is 0. The number of hydrogen-bond acceptors (Lipinski definition) is 4. The van der Waals surface area contributed by atoms with Crippen LogP contribution in [0.2, 0.25) is 0 Å². The number of aryl methyl sites for hydroxylation is 1. The summed E-state index contributed by atoms with van der Waals surface area (Å²) in [5.74, 6) is 1.93. The molecule has 1 saturated heterocycles. The lowest BCUT2D eigenvalue weighted by Crippen LogP contribution is -2.50. The van der Waals surface area contributed by atoms with Gasteiger partial charge in [0.25, 0.3) is 5.91 Å². The number of anilines is 1. The minimum absolute atomic E-state index is 0.134. The first-order chi connectivity index (χ1) is 14.0. The van der Waals surface area contributed by atoms with Crippen molar-refractivity contribution in [1.82, 2.24) is 4.90 Å². The van der Waals surface area contributed by atoms with Crippen molar-refractivity contribution in [3.05, 3.63) is 42.0 Å². The summed E-state index contributed by atoms with van der Waals surface area (Å²) in [6.07, 6.45) is 9.98. The Hall–Kier alpha value is -3.07. The quantitative estimate of drug-likeness (QED) is 0.447. The maximum Gasteiger partial charge on any atom is 0.314 e. The van der Waals surface area contributed by atoms with Gasteiger partial charge in [0, 0.05) is 37.3 Å². The van der Waals surface area contributed by atoms with Gasteiger partial charge in [-0.1, -0.05) is 6.58 Å². The molecule has 1 aromatic carbocycles. The molecule has 2 heterocycles. The summed E-state index contributed by atoms with van der Waals surface area (Å²) in [5, 5.41) is 0. The molecule has 1 aromatic rings. The first-order valence-corrected chi connectivity index (χ1v) is 9.84. The molecule has 0 spiro atoms. The number of carbonyl (C=O) groups excluding carboxylic acids is 3. The maximum atomic E-state index is 13.2. The zero-order valence-corrected chi connectivity index (χ0v) is 16.8. The topological polar surface area (TPSA) is 66.9 Å². The fourth-order valence-electron chi connectivity index (χ4n) is 4.35. The third-order valence-corrected chi connectivity index (χ3v) is 5.81. The van der Waals surface area contributed by atoms with Crippen LogP contribution < -0.4 is 4.90 Å². The Balaban J connectivity index is 1.85. The summed E-state index contributed by atoms with van der Waals surface area (Å²) in [5.41, 5.74) is 1.50. The van der Waals surface area contributed by atoms with Crippen LogP contribution in [0.1, 0.15) is 41.6 Å². The van der Waals surface area contributed by atoms with E-state index in [2.05, 4.69) is 12.5 Å². The van der Waals surface area contributed by atoms with Gasteiger partial charge in [0.1, 0.15) is 0 Å². The van der Waals surface area contributed by atoms with Crippen molar-refractivity contribution < 1.29 is 19.1 Å². The Morgan fingerprint density at radius 1 is 1.31 bits per heavy atom. The van der Waals surface area contributed by atoms with Gasteiger partial charge >= 0.3 is 5.97 Å².